The standard InChI is InChI=1S/C17H38O3SSi/c1-4-7-13-18-22(19-14-8-5-2,20-15-9-6-3)17-12-10-11-16-21/h21H,4-17H2,1-3H3. The van der Waals surface area contributed by atoms with E-state index in [0.29, 0.717) is 0 Å². The van der Waals surface area contributed by atoms with Crippen LogP contribution in [-0.2, 0) is 13.3 Å². The topological polar surface area (TPSA) is 27.7 Å². The van der Waals surface area contributed by atoms with Gasteiger partial charge in [0.25, 0.3) is 0 Å². The van der Waals surface area contributed by atoms with E-state index in [1.54, 1.807) is 0 Å². The van der Waals surface area contributed by atoms with Crippen molar-refractivity contribution in [2.75, 3.05) is 25.6 Å². The maximum absolute atomic E-state index is 6.22. The van der Waals surface area contributed by atoms with Crippen molar-refractivity contribution in [3.8, 4) is 0 Å². The van der Waals surface area contributed by atoms with E-state index in [1.165, 1.54) is 6.42 Å². The first-order valence-electron chi connectivity index (χ1n) is 9.27. The summed E-state index contributed by atoms with van der Waals surface area (Å²) in [7, 11) is -2.48. The van der Waals surface area contributed by atoms with E-state index in [2.05, 4.69) is 33.4 Å². The zero-order chi connectivity index (χ0) is 16.5. The summed E-state index contributed by atoms with van der Waals surface area (Å²) < 4.78 is 18.7. The SMILES string of the molecule is CCCCO[Si](CCCCCS)(OCCCC)OCCCC. The second kappa shape index (κ2) is 16.3. The normalized spacial score (nSPS) is 12.0. The Balaban J connectivity index is 4.53. The van der Waals surface area contributed by atoms with Crippen LogP contribution >= 0.6 is 12.6 Å². The predicted octanol–water partition coefficient (Wildman–Crippen LogP) is 5.48. The van der Waals surface area contributed by atoms with Crippen LogP contribution in [0, 0.1) is 0 Å². The van der Waals surface area contributed by atoms with Gasteiger partial charge in [-0.25, -0.2) is 0 Å². The molecule has 0 rings (SSSR count). The van der Waals surface area contributed by atoms with Crippen LogP contribution in [-0.4, -0.2) is 34.4 Å². The number of rotatable bonds is 17. The number of hydrogen-bond acceptors (Lipinski definition) is 4. The summed E-state index contributed by atoms with van der Waals surface area (Å²) in [4.78, 5) is 0. The molecule has 0 aromatic heterocycles. The van der Waals surface area contributed by atoms with Crippen LogP contribution in [0.3, 0.4) is 0 Å². The number of unbranched alkanes of at least 4 members (excludes halogenated alkanes) is 5. The molecule has 0 saturated carbocycles. The van der Waals surface area contributed by atoms with Crippen molar-refractivity contribution in [1.29, 1.82) is 0 Å². The lowest BCUT2D eigenvalue weighted by molar-refractivity contribution is 0.0557. The molecule has 0 fully saturated rings. The predicted molar refractivity (Wildman–Crippen MR) is 101 cm³/mol. The lowest BCUT2D eigenvalue weighted by Gasteiger charge is -2.30. The Morgan fingerprint density at radius 3 is 1.45 bits per heavy atom. The van der Waals surface area contributed by atoms with Gasteiger partial charge in [0.1, 0.15) is 0 Å². The molecule has 0 aromatic rings. The average Bonchev–Trinajstić information content (AvgIpc) is 2.52. The summed E-state index contributed by atoms with van der Waals surface area (Å²) in [6.45, 7) is 8.88. The molecule has 0 saturated heterocycles. The maximum Gasteiger partial charge on any atom is 0.500 e. The summed E-state index contributed by atoms with van der Waals surface area (Å²) in [5, 5.41) is 0. The number of thiol groups is 1. The second-order valence-corrected chi connectivity index (χ2v) is 9.00. The average molecular weight is 351 g/mol. The number of hydrogen-bond donors (Lipinski definition) is 1. The van der Waals surface area contributed by atoms with Crippen LogP contribution in [0.2, 0.25) is 6.04 Å². The van der Waals surface area contributed by atoms with Crippen molar-refractivity contribution >= 4 is 21.4 Å². The molecule has 0 spiro atoms. The summed E-state index contributed by atoms with van der Waals surface area (Å²) in [5.41, 5.74) is 0. The molecule has 5 heteroatoms. The first kappa shape index (κ1) is 22.4. The first-order valence-corrected chi connectivity index (χ1v) is 11.8. The fourth-order valence-electron chi connectivity index (χ4n) is 2.09. The first-order chi connectivity index (χ1) is 10.7. The van der Waals surface area contributed by atoms with Crippen molar-refractivity contribution in [3.05, 3.63) is 0 Å². The van der Waals surface area contributed by atoms with Crippen LogP contribution < -0.4 is 0 Å². The second-order valence-electron chi connectivity index (χ2n) is 5.82. The highest BCUT2D eigenvalue weighted by Gasteiger charge is 2.40. The van der Waals surface area contributed by atoms with Crippen LogP contribution in [0.25, 0.3) is 0 Å². The molecule has 0 heterocycles. The minimum Gasteiger partial charge on any atom is -0.373 e. The van der Waals surface area contributed by atoms with E-state index in [0.717, 1.165) is 83.0 Å². The van der Waals surface area contributed by atoms with Gasteiger partial charge in [-0.3, -0.25) is 0 Å². The fraction of sp³-hybridized carbons (Fsp3) is 1.00. The Bertz CT molecular complexity index is 203. The third kappa shape index (κ3) is 11.9. The van der Waals surface area contributed by atoms with Crippen LogP contribution in [0.4, 0.5) is 0 Å². The summed E-state index contributed by atoms with van der Waals surface area (Å²) in [6.07, 6.45) is 10.2. The summed E-state index contributed by atoms with van der Waals surface area (Å²) >= 11 is 4.29. The third-order valence-electron chi connectivity index (χ3n) is 3.60. The van der Waals surface area contributed by atoms with E-state index < -0.39 is 8.80 Å². The van der Waals surface area contributed by atoms with Crippen molar-refractivity contribution in [3.63, 3.8) is 0 Å². The quantitative estimate of drug-likeness (QED) is 0.214. The minimum absolute atomic E-state index is 0.771. The van der Waals surface area contributed by atoms with E-state index >= 15 is 0 Å². The Morgan fingerprint density at radius 2 is 1.09 bits per heavy atom. The van der Waals surface area contributed by atoms with Gasteiger partial charge >= 0.3 is 8.80 Å². The highest BCUT2D eigenvalue weighted by atomic mass is 32.1. The molecule has 0 aliphatic rings. The lowest BCUT2D eigenvalue weighted by atomic mass is 10.3. The van der Waals surface area contributed by atoms with Gasteiger partial charge in [0.05, 0.1) is 0 Å². The van der Waals surface area contributed by atoms with Gasteiger partial charge in [-0.2, -0.15) is 12.6 Å². The van der Waals surface area contributed by atoms with Crippen LogP contribution in [0.1, 0.15) is 78.6 Å². The Labute approximate surface area is 145 Å². The smallest absolute Gasteiger partial charge is 0.373 e. The fourth-order valence-corrected chi connectivity index (χ4v) is 5.04. The van der Waals surface area contributed by atoms with Gasteiger partial charge in [-0.1, -0.05) is 46.5 Å². The van der Waals surface area contributed by atoms with Gasteiger partial charge in [0.15, 0.2) is 0 Å². The molecule has 0 aliphatic heterocycles. The molecular formula is C17H38O3SSi. The molecule has 0 unspecified atom stereocenters. The molecule has 0 bridgehead atoms. The van der Waals surface area contributed by atoms with Gasteiger partial charge in [0, 0.05) is 25.9 Å². The van der Waals surface area contributed by atoms with Crippen LogP contribution in [0.5, 0.6) is 0 Å². The molecule has 0 atom stereocenters. The summed E-state index contributed by atoms with van der Waals surface area (Å²) in [5.74, 6) is 0.957. The van der Waals surface area contributed by atoms with Crippen molar-refractivity contribution in [2.24, 2.45) is 0 Å². The van der Waals surface area contributed by atoms with Gasteiger partial charge in [0.2, 0.25) is 0 Å². The minimum atomic E-state index is -2.48. The van der Waals surface area contributed by atoms with Crippen molar-refractivity contribution in [2.45, 2.75) is 84.6 Å². The van der Waals surface area contributed by atoms with Crippen molar-refractivity contribution < 1.29 is 13.3 Å². The third-order valence-corrected chi connectivity index (χ3v) is 6.81. The molecule has 3 nitrogen and oxygen atoms in total. The molecule has 0 radical (unpaired) electrons. The highest BCUT2D eigenvalue weighted by molar-refractivity contribution is 7.80. The van der Waals surface area contributed by atoms with E-state index in [9.17, 15) is 0 Å². The van der Waals surface area contributed by atoms with E-state index in [1.807, 2.05) is 0 Å². The zero-order valence-electron chi connectivity index (χ0n) is 15.1. The van der Waals surface area contributed by atoms with E-state index in [4.69, 9.17) is 13.3 Å². The molecule has 0 aromatic carbocycles. The Hall–Kier alpha value is 0.447. The lowest BCUT2D eigenvalue weighted by Crippen LogP contribution is -2.46. The maximum atomic E-state index is 6.22. The Kier molecular flexibility index (Phi) is 16.6. The summed E-state index contributed by atoms with van der Waals surface area (Å²) in [6, 6.07) is 0.956. The zero-order valence-corrected chi connectivity index (χ0v) is 17.0. The molecular weight excluding hydrogens is 312 g/mol. The molecule has 22 heavy (non-hydrogen) atoms. The molecule has 134 valence electrons. The van der Waals surface area contributed by atoms with Crippen LogP contribution in [0.15, 0.2) is 0 Å². The van der Waals surface area contributed by atoms with E-state index in [-0.39, 0.29) is 0 Å². The highest BCUT2D eigenvalue weighted by Crippen LogP contribution is 2.22. The van der Waals surface area contributed by atoms with Crippen molar-refractivity contribution in [1.82, 2.24) is 0 Å². The van der Waals surface area contributed by atoms with Gasteiger partial charge in [-0.05, 0) is 37.9 Å². The van der Waals surface area contributed by atoms with Gasteiger partial charge in [-0.15, -0.1) is 0 Å². The molecule has 0 N–H and O–H groups in total. The van der Waals surface area contributed by atoms with Gasteiger partial charge < -0.3 is 13.3 Å². The Morgan fingerprint density at radius 1 is 0.636 bits per heavy atom. The monoisotopic (exact) mass is 350 g/mol. The molecule has 0 aliphatic carbocycles. The largest absolute Gasteiger partial charge is 0.500 e. The molecule has 0 amide bonds.